The van der Waals surface area contributed by atoms with Gasteiger partial charge in [0.25, 0.3) is 5.91 Å². The van der Waals surface area contributed by atoms with E-state index in [9.17, 15) is 18.0 Å². The molecule has 0 aliphatic carbocycles. The second-order valence-electron chi connectivity index (χ2n) is 3.49. The van der Waals surface area contributed by atoms with Gasteiger partial charge in [-0.3, -0.25) is 4.79 Å². The molecule has 2 aromatic rings. The lowest BCUT2D eigenvalue weighted by atomic mass is 10.2. The summed E-state index contributed by atoms with van der Waals surface area (Å²) in [6.07, 6.45) is 1.07. The first-order chi connectivity index (χ1) is 8.50. The van der Waals surface area contributed by atoms with Crippen molar-refractivity contribution in [1.82, 2.24) is 5.16 Å². The number of nitrogens with one attached hydrogen (secondary N) is 1. The van der Waals surface area contributed by atoms with E-state index in [0.717, 1.165) is 12.3 Å². The maximum atomic E-state index is 13.3. The normalized spacial score (nSPS) is 10.4. The molecule has 0 spiro atoms. The first-order valence-electron chi connectivity index (χ1n) is 4.86. The summed E-state index contributed by atoms with van der Waals surface area (Å²) in [6, 6.07) is 1.64. The molecule has 1 aromatic carbocycles. The predicted molar refractivity (Wildman–Crippen MR) is 55.5 cm³/mol. The number of nitrogens with zero attached hydrogens (tertiary/aromatic N) is 1. The molecule has 0 atom stereocenters. The Hall–Kier alpha value is -2.31. The summed E-state index contributed by atoms with van der Waals surface area (Å²) >= 11 is 0. The predicted octanol–water partition coefficient (Wildman–Crippen LogP) is 2.65. The Bertz CT molecular complexity index is 610. The van der Waals surface area contributed by atoms with Gasteiger partial charge in [0.2, 0.25) is 0 Å². The average Bonchev–Trinajstić information content (AvgIpc) is 2.76. The molecule has 1 amide bonds. The van der Waals surface area contributed by atoms with Crippen molar-refractivity contribution in [1.29, 1.82) is 0 Å². The van der Waals surface area contributed by atoms with Crippen LogP contribution in [0.1, 0.15) is 16.1 Å². The first kappa shape index (κ1) is 12.2. The van der Waals surface area contributed by atoms with E-state index in [1.807, 2.05) is 0 Å². The molecule has 0 bridgehead atoms. The monoisotopic (exact) mass is 256 g/mol. The van der Waals surface area contributed by atoms with Gasteiger partial charge in [-0.25, -0.2) is 13.2 Å². The molecule has 1 N–H and O–H groups in total. The van der Waals surface area contributed by atoms with Crippen LogP contribution in [0, 0.1) is 24.4 Å². The maximum absolute atomic E-state index is 13.3. The van der Waals surface area contributed by atoms with Gasteiger partial charge in [-0.1, -0.05) is 5.16 Å². The number of carbonyl (C=O) groups is 1. The van der Waals surface area contributed by atoms with Crippen LogP contribution in [0.4, 0.5) is 18.9 Å². The molecule has 1 aromatic heterocycles. The van der Waals surface area contributed by atoms with Crippen molar-refractivity contribution >= 4 is 11.6 Å². The number of hydrogen-bond acceptors (Lipinski definition) is 3. The van der Waals surface area contributed by atoms with Crippen LogP contribution in [0.2, 0.25) is 0 Å². The van der Waals surface area contributed by atoms with Crippen molar-refractivity contribution in [3.8, 4) is 0 Å². The second-order valence-corrected chi connectivity index (χ2v) is 3.49. The van der Waals surface area contributed by atoms with Gasteiger partial charge < -0.3 is 9.84 Å². The Labute approximate surface area is 99.4 Å². The van der Waals surface area contributed by atoms with Gasteiger partial charge in [0, 0.05) is 0 Å². The van der Waals surface area contributed by atoms with E-state index >= 15 is 0 Å². The molecule has 0 aliphatic rings. The van der Waals surface area contributed by atoms with E-state index in [-0.39, 0.29) is 5.56 Å². The van der Waals surface area contributed by atoms with Gasteiger partial charge in [0.05, 0.1) is 11.4 Å². The Morgan fingerprint density at radius 2 is 2.00 bits per heavy atom. The van der Waals surface area contributed by atoms with Gasteiger partial charge in [-0.2, -0.15) is 0 Å². The first-order valence-corrected chi connectivity index (χ1v) is 4.86. The minimum atomic E-state index is -1.64. The standard InChI is InChI=1S/C11H7F3N2O2/c1-5-6(4-18-16-5)11(17)15-8-3-2-7(12)9(13)10(8)14/h2-4H,1H3,(H,15,17). The molecule has 94 valence electrons. The summed E-state index contributed by atoms with van der Waals surface area (Å²) in [5, 5.41) is 5.57. The third kappa shape index (κ3) is 2.06. The lowest BCUT2D eigenvalue weighted by Gasteiger charge is -2.06. The van der Waals surface area contributed by atoms with E-state index in [4.69, 9.17) is 0 Å². The zero-order chi connectivity index (χ0) is 13.3. The molecule has 0 radical (unpaired) electrons. The number of rotatable bonds is 2. The van der Waals surface area contributed by atoms with Gasteiger partial charge >= 0.3 is 0 Å². The summed E-state index contributed by atoms with van der Waals surface area (Å²) in [7, 11) is 0. The Kier molecular flexibility index (Phi) is 3.05. The minimum Gasteiger partial charge on any atom is -0.364 e. The molecule has 0 aliphatic heterocycles. The molecule has 4 nitrogen and oxygen atoms in total. The highest BCUT2D eigenvalue weighted by atomic mass is 19.2. The molecule has 0 unspecified atom stereocenters. The molecule has 0 saturated carbocycles. The van der Waals surface area contributed by atoms with Crippen molar-refractivity contribution in [3.63, 3.8) is 0 Å². The number of amides is 1. The summed E-state index contributed by atoms with van der Waals surface area (Å²) in [5.74, 6) is -5.15. The number of benzene rings is 1. The largest absolute Gasteiger partial charge is 0.364 e. The van der Waals surface area contributed by atoms with Crippen LogP contribution in [0.25, 0.3) is 0 Å². The van der Waals surface area contributed by atoms with Crippen molar-refractivity contribution in [3.05, 3.63) is 47.1 Å². The van der Waals surface area contributed by atoms with Gasteiger partial charge in [-0.15, -0.1) is 0 Å². The quantitative estimate of drug-likeness (QED) is 0.840. The highest BCUT2D eigenvalue weighted by Crippen LogP contribution is 2.20. The van der Waals surface area contributed by atoms with E-state index < -0.39 is 29.0 Å². The van der Waals surface area contributed by atoms with E-state index in [2.05, 4.69) is 15.0 Å². The summed E-state index contributed by atoms with van der Waals surface area (Å²) < 4.78 is 43.4. The third-order valence-corrected chi connectivity index (χ3v) is 2.28. The molecule has 2 rings (SSSR count). The number of hydrogen-bond donors (Lipinski definition) is 1. The highest BCUT2D eigenvalue weighted by Gasteiger charge is 2.18. The number of carbonyl (C=O) groups excluding carboxylic acids is 1. The van der Waals surface area contributed by atoms with Crippen LogP contribution in [0.5, 0.6) is 0 Å². The summed E-state index contributed by atoms with van der Waals surface area (Å²) in [4.78, 5) is 11.7. The molecule has 1 heterocycles. The second kappa shape index (κ2) is 4.52. The van der Waals surface area contributed by atoms with E-state index in [1.165, 1.54) is 6.92 Å². The number of halogens is 3. The third-order valence-electron chi connectivity index (χ3n) is 2.28. The number of aryl methyl sites for hydroxylation is 1. The van der Waals surface area contributed by atoms with Crippen molar-refractivity contribution in [2.24, 2.45) is 0 Å². The maximum Gasteiger partial charge on any atom is 0.260 e. The smallest absolute Gasteiger partial charge is 0.260 e. The highest BCUT2D eigenvalue weighted by molar-refractivity contribution is 6.04. The van der Waals surface area contributed by atoms with Crippen LogP contribution in [-0.4, -0.2) is 11.1 Å². The Balaban J connectivity index is 2.28. The lowest BCUT2D eigenvalue weighted by molar-refractivity contribution is 0.102. The van der Waals surface area contributed by atoms with E-state index in [0.29, 0.717) is 11.8 Å². The minimum absolute atomic E-state index is 0.0825. The van der Waals surface area contributed by atoms with Crippen molar-refractivity contribution < 1.29 is 22.5 Å². The van der Waals surface area contributed by atoms with Gasteiger partial charge in [0.15, 0.2) is 17.5 Å². The molecular formula is C11H7F3N2O2. The van der Waals surface area contributed by atoms with Crippen LogP contribution in [0.15, 0.2) is 22.9 Å². The molecule has 18 heavy (non-hydrogen) atoms. The Morgan fingerprint density at radius 1 is 1.28 bits per heavy atom. The fraction of sp³-hybridized carbons (Fsp3) is 0.0909. The number of anilines is 1. The summed E-state index contributed by atoms with van der Waals surface area (Å²) in [5.41, 5.74) is -0.0749. The number of aromatic nitrogens is 1. The molecule has 7 heteroatoms. The molecular weight excluding hydrogens is 249 g/mol. The van der Waals surface area contributed by atoms with E-state index in [1.54, 1.807) is 0 Å². The SMILES string of the molecule is Cc1nocc1C(=O)Nc1ccc(F)c(F)c1F. The molecule has 0 saturated heterocycles. The van der Waals surface area contributed by atoms with Crippen LogP contribution < -0.4 is 5.32 Å². The summed E-state index contributed by atoms with van der Waals surface area (Å²) in [6.45, 7) is 1.51. The van der Waals surface area contributed by atoms with Gasteiger partial charge in [-0.05, 0) is 19.1 Å². The van der Waals surface area contributed by atoms with Gasteiger partial charge in [0.1, 0.15) is 11.8 Å². The fourth-order valence-electron chi connectivity index (χ4n) is 1.32. The van der Waals surface area contributed by atoms with Crippen molar-refractivity contribution in [2.45, 2.75) is 6.92 Å². The fourth-order valence-corrected chi connectivity index (χ4v) is 1.32. The zero-order valence-corrected chi connectivity index (χ0v) is 9.13. The van der Waals surface area contributed by atoms with Crippen LogP contribution >= 0.6 is 0 Å². The van der Waals surface area contributed by atoms with Crippen LogP contribution in [0.3, 0.4) is 0 Å². The van der Waals surface area contributed by atoms with Crippen LogP contribution in [-0.2, 0) is 0 Å². The zero-order valence-electron chi connectivity index (χ0n) is 9.13. The molecule has 0 fully saturated rings. The average molecular weight is 256 g/mol. The topological polar surface area (TPSA) is 55.1 Å². The lowest BCUT2D eigenvalue weighted by Crippen LogP contribution is -2.14. The Morgan fingerprint density at radius 3 is 2.61 bits per heavy atom. The van der Waals surface area contributed by atoms with Crippen molar-refractivity contribution in [2.75, 3.05) is 5.32 Å².